The van der Waals surface area contributed by atoms with Crippen LogP contribution in [0.2, 0.25) is 0 Å². The number of hydrogen-bond acceptors (Lipinski definition) is 5. The fourth-order valence-corrected chi connectivity index (χ4v) is 3.68. The molecular formula is C20H21N3O4S. The van der Waals surface area contributed by atoms with Gasteiger partial charge in [-0.2, -0.15) is 0 Å². The zero-order chi connectivity index (χ0) is 20.0. The molecular weight excluding hydrogens is 378 g/mol. The van der Waals surface area contributed by atoms with Crippen LogP contribution < -0.4 is 10.0 Å². The average Bonchev–Trinajstić information content (AvgIpc) is 3.19. The summed E-state index contributed by atoms with van der Waals surface area (Å²) >= 11 is 0. The second-order valence-corrected chi connectivity index (χ2v) is 7.86. The van der Waals surface area contributed by atoms with Gasteiger partial charge in [-0.05, 0) is 24.1 Å². The summed E-state index contributed by atoms with van der Waals surface area (Å²) in [4.78, 5) is 12.4. The van der Waals surface area contributed by atoms with Gasteiger partial charge in [0, 0.05) is 24.7 Å². The molecule has 0 aliphatic rings. The molecule has 0 bridgehead atoms. The van der Waals surface area contributed by atoms with Gasteiger partial charge in [-0.25, -0.2) is 13.1 Å². The first kappa shape index (κ1) is 19.8. The molecule has 0 radical (unpaired) electrons. The maximum Gasteiger partial charge on any atom is 0.273 e. The number of nitrogens with zero attached hydrogens (tertiary/aromatic N) is 1. The summed E-state index contributed by atoms with van der Waals surface area (Å²) in [5.41, 5.74) is 1.98. The fraction of sp³-hybridized carbons (Fsp3) is 0.200. The minimum atomic E-state index is -3.46. The highest BCUT2D eigenvalue weighted by Gasteiger charge is 2.14. The number of carbonyl (C=O) groups excluding carboxylic acids is 1. The smallest absolute Gasteiger partial charge is 0.273 e. The third kappa shape index (κ3) is 4.85. The predicted octanol–water partition coefficient (Wildman–Crippen LogP) is 2.61. The summed E-state index contributed by atoms with van der Waals surface area (Å²) in [5, 5.41) is 6.60. The van der Waals surface area contributed by atoms with Gasteiger partial charge in [-0.1, -0.05) is 54.5 Å². The van der Waals surface area contributed by atoms with E-state index >= 15 is 0 Å². The number of carbonyl (C=O) groups is 1. The number of rotatable bonds is 8. The molecule has 3 aromatic rings. The molecule has 28 heavy (non-hydrogen) atoms. The molecule has 3 rings (SSSR count). The van der Waals surface area contributed by atoms with Crippen LogP contribution >= 0.6 is 0 Å². The van der Waals surface area contributed by atoms with E-state index in [0.29, 0.717) is 25.3 Å². The van der Waals surface area contributed by atoms with Crippen LogP contribution in [-0.2, 0) is 16.4 Å². The van der Waals surface area contributed by atoms with E-state index in [1.807, 2.05) is 30.3 Å². The van der Waals surface area contributed by atoms with Gasteiger partial charge in [0.1, 0.15) is 0 Å². The largest absolute Gasteiger partial charge is 0.355 e. The summed E-state index contributed by atoms with van der Waals surface area (Å²) in [6.45, 7) is 2.46. The second-order valence-electron chi connectivity index (χ2n) is 6.09. The fourth-order valence-electron chi connectivity index (χ4n) is 2.64. The second kappa shape index (κ2) is 8.81. The Bertz CT molecular complexity index is 1030. The quantitative estimate of drug-likeness (QED) is 0.606. The molecule has 1 aromatic heterocycles. The van der Waals surface area contributed by atoms with Crippen molar-refractivity contribution in [3.63, 3.8) is 0 Å². The van der Waals surface area contributed by atoms with Crippen molar-refractivity contribution in [1.82, 2.24) is 15.2 Å². The molecule has 0 saturated heterocycles. The van der Waals surface area contributed by atoms with Crippen LogP contribution in [-0.4, -0.2) is 32.6 Å². The molecule has 8 heteroatoms. The number of hydrogen-bond donors (Lipinski definition) is 2. The Morgan fingerprint density at radius 3 is 2.46 bits per heavy atom. The number of benzene rings is 2. The summed E-state index contributed by atoms with van der Waals surface area (Å²) in [5.74, 6) is 0.209. The van der Waals surface area contributed by atoms with Crippen LogP contribution in [0.1, 0.15) is 23.0 Å². The van der Waals surface area contributed by atoms with Gasteiger partial charge in [0.25, 0.3) is 5.91 Å². The Balaban J connectivity index is 1.54. The third-order valence-corrected chi connectivity index (χ3v) is 5.63. The molecule has 0 unspecified atom stereocenters. The van der Waals surface area contributed by atoms with Gasteiger partial charge in [0.15, 0.2) is 11.5 Å². The molecule has 2 aromatic carbocycles. The van der Waals surface area contributed by atoms with Gasteiger partial charge < -0.3 is 9.84 Å². The number of aromatic nitrogens is 1. The summed E-state index contributed by atoms with van der Waals surface area (Å²) in [6, 6.07) is 17.6. The van der Waals surface area contributed by atoms with Crippen molar-refractivity contribution in [3.8, 4) is 11.3 Å². The topological polar surface area (TPSA) is 101 Å². The lowest BCUT2D eigenvalue weighted by molar-refractivity contribution is 0.0945. The van der Waals surface area contributed by atoms with Gasteiger partial charge >= 0.3 is 0 Å². The lowest BCUT2D eigenvalue weighted by atomic mass is 10.1. The van der Waals surface area contributed by atoms with E-state index in [0.717, 1.165) is 11.1 Å². The number of sulfonamides is 1. The van der Waals surface area contributed by atoms with Crippen LogP contribution in [0.15, 0.2) is 70.1 Å². The molecule has 0 spiro atoms. The van der Waals surface area contributed by atoms with Crippen LogP contribution in [0.3, 0.4) is 0 Å². The highest BCUT2D eigenvalue weighted by atomic mass is 32.2. The Morgan fingerprint density at radius 2 is 1.79 bits per heavy atom. The van der Waals surface area contributed by atoms with E-state index in [1.54, 1.807) is 37.3 Å². The first-order chi connectivity index (χ1) is 13.5. The molecule has 0 fully saturated rings. The molecule has 146 valence electrons. The first-order valence-corrected chi connectivity index (χ1v) is 10.4. The van der Waals surface area contributed by atoms with Gasteiger partial charge in [-0.15, -0.1) is 0 Å². The van der Waals surface area contributed by atoms with E-state index in [2.05, 4.69) is 15.2 Å². The van der Waals surface area contributed by atoms with Crippen LogP contribution in [0.25, 0.3) is 11.3 Å². The molecule has 2 N–H and O–H groups in total. The molecule has 0 aliphatic heterocycles. The minimum Gasteiger partial charge on any atom is -0.355 e. The van der Waals surface area contributed by atoms with Crippen molar-refractivity contribution in [3.05, 3.63) is 71.9 Å². The van der Waals surface area contributed by atoms with Crippen molar-refractivity contribution in [1.29, 1.82) is 0 Å². The maximum atomic E-state index is 12.2. The van der Waals surface area contributed by atoms with E-state index in [1.165, 1.54) is 0 Å². The predicted molar refractivity (Wildman–Crippen MR) is 105 cm³/mol. The van der Waals surface area contributed by atoms with Crippen molar-refractivity contribution < 1.29 is 17.7 Å². The highest BCUT2D eigenvalue weighted by Crippen LogP contribution is 2.19. The monoisotopic (exact) mass is 399 g/mol. The number of amides is 1. The van der Waals surface area contributed by atoms with Crippen molar-refractivity contribution in [2.75, 3.05) is 13.1 Å². The maximum absolute atomic E-state index is 12.2. The minimum absolute atomic E-state index is 0.214. The van der Waals surface area contributed by atoms with Gasteiger partial charge in [0.2, 0.25) is 10.0 Å². The van der Waals surface area contributed by atoms with E-state index in [9.17, 15) is 13.2 Å². The SMILES string of the molecule is CCNS(=O)(=O)c1ccc(CCNC(=O)c2cc(-c3ccccc3)on2)cc1. The normalized spacial score (nSPS) is 11.3. The summed E-state index contributed by atoms with van der Waals surface area (Å²) < 4.78 is 31.5. The van der Waals surface area contributed by atoms with Crippen molar-refractivity contribution >= 4 is 15.9 Å². The van der Waals surface area contributed by atoms with E-state index in [-0.39, 0.29) is 16.5 Å². The average molecular weight is 399 g/mol. The van der Waals surface area contributed by atoms with Gasteiger partial charge in [0.05, 0.1) is 4.90 Å². The lowest BCUT2D eigenvalue weighted by Gasteiger charge is -2.06. The molecule has 7 nitrogen and oxygen atoms in total. The summed E-state index contributed by atoms with van der Waals surface area (Å²) in [7, 11) is -3.46. The molecule has 0 aliphatic carbocycles. The Morgan fingerprint density at radius 1 is 1.07 bits per heavy atom. The molecule has 0 saturated carbocycles. The van der Waals surface area contributed by atoms with E-state index < -0.39 is 10.0 Å². The van der Waals surface area contributed by atoms with Crippen molar-refractivity contribution in [2.24, 2.45) is 0 Å². The highest BCUT2D eigenvalue weighted by molar-refractivity contribution is 7.89. The Labute approximate surface area is 163 Å². The van der Waals surface area contributed by atoms with Gasteiger partial charge in [-0.3, -0.25) is 4.79 Å². The number of nitrogens with one attached hydrogen (secondary N) is 2. The van der Waals surface area contributed by atoms with Crippen LogP contribution in [0, 0.1) is 0 Å². The molecule has 0 atom stereocenters. The van der Waals surface area contributed by atoms with Crippen molar-refractivity contribution in [2.45, 2.75) is 18.2 Å². The zero-order valence-electron chi connectivity index (χ0n) is 15.4. The molecule has 1 amide bonds. The summed E-state index contributed by atoms with van der Waals surface area (Å²) in [6.07, 6.45) is 0.566. The third-order valence-electron chi connectivity index (χ3n) is 4.07. The Kier molecular flexibility index (Phi) is 6.23. The Hall–Kier alpha value is -2.97. The van der Waals surface area contributed by atoms with E-state index in [4.69, 9.17) is 4.52 Å². The standard InChI is InChI=1S/C20H21N3O4S/c1-2-22-28(25,26)17-10-8-15(9-11-17)12-13-21-20(24)18-14-19(27-23-18)16-6-4-3-5-7-16/h3-11,14,22H,2,12-13H2,1H3,(H,21,24). The zero-order valence-corrected chi connectivity index (χ0v) is 16.2. The van der Waals surface area contributed by atoms with Crippen LogP contribution in [0.4, 0.5) is 0 Å². The lowest BCUT2D eigenvalue weighted by Crippen LogP contribution is -2.26. The molecule has 1 heterocycles. The first-order valence-electron chi connectivity index (χ1n) is 8.88. The van der Waals surface area contributed by atoms with Crippen LogP contribution in [0.5, 0.6) is 0 Å².